The van der Waals surface area contributed by atoms with Gasteiger partial charge in [0.1, 0.15) is 5.75 Å². The molecule has 0 atom stereocenters. The molecule has 0 aliphatic rings. The van der Waals surface area contributed by atoms with Crippen molar-refractivity contribution in [2.75, 3.05) is 11.9 Å². The smallest absolute Gasteiger partial charge is 0.257 e. The van der Waals surface area contributed by atoms with E-state index in [1.54, 1.807) is 12.1 Å². The van der Waals surface area contributed by atoms with Crippen molar-refractivity contribution in [2.45, 2.75) is 33.6 Å². The van der Waals surface area contributed by atoms with E-state index < -0.39 is 0 Å². The molecule has 0 unspecified atom stereocenters. The summed E-state index contributed by atoms with van der Waals surface area (Å²) in [5.74, 6) is 0.643. The number of benzene rings is 1. The zero-order valence-electron chi connectivity index (χ0n) is 12.6. The van der Waals surface area contributed by atoms with E-state index in [2.05, 4.69) is 17.2 Å². The van der Waals surface area contributed by atoms with E-state index in [-0.39, 0.29) is 5.91 Å². The number of aromatic nitrogens is 1. The molecule has 1 aromatic carbocycles. The van der Waals surface area contributed by atoms with Crippen LogP contribution >= 0.6 is 11.3 Å². The summed E-state index contributed by atoms with van der Waals surface area (Å²) in [5, 5.41) is 3.46. The number of carbonyl (C=O) groups is 1. The molecule has 0 radical (unpaired) electrons. The standard InChI is InChI=1S/C16H20N2O2S/c1-4-5-10-20-14-8-6-13(7-9-14)15(19)18-16-17-11(2)12(3)21-16/h6-9H,4-5,10H2,1-3H3,(H,17,18,19). The second-order valence-electron chi connectivity index (χ2n) is 4.84. The van der Waals surface area contributed by atoms with E-state index in [0.29, 0.717) is 17.3 Å². The van der Waals surface area contributed by atoms with Crippen LogP contribution < -0.4 is 10.1 Å². The van der Waals surface area contributed by atoms with Gasteiger partial charge in [0, 0.05) is 10.4 Å². The molecule has 1 N–H and O–H groups in total. The molecule has 1 heterocycles. The van der Waals surface area contributed by atoms with Crippen molar-refractivity contribution in [1.29, 1.82) is 0 Å². The number of nitrogens with zero attached hydrogens (tertiary/aromatic N) is 1. The molecular weight excluding hydrogens is 284 g/mol. The van der Waals surface area contributed by atoms with Gasteiger partial charge >= 0.3 is 0 Å². The molecule has 0 saturated carbocycles. The van der Waals surface area contributed by atoms with Gasteiger partial charge in [-0.15, -0.1) is 11.3 Å². The van der Waals surface area contributed by atoms with Gasteiger partial charge in [-0.3, -0.25) is 10.1 Å². The quantitative estimate of drug-likeness (QED) is 0.814. The number of thiazole rings is 1. The van der Waals surface area contributed by atoms with E-state index in [1.165, 1.54) is 11.3 Å². The summed E-state index contributed by atoms with van der Waals surface area (Å²) in [6.45, 7) is 6.76. The number of amides is 1. The van der Waals surface area contributed by atoms with Crippen molar-refractivity contribution in [3.63, 3.8) is 0 Å². The Balaban J connectivity index is 1.96. The van der Waals surface area contributed by atoms with Crippen LogP contribution in [0.2, 0.25) is 0 Å². The molecule has 4 nitrogen and oxygen atoms in total. The normalized spacial score (nSPS) is 10.4. The van der Waals surface area contributed by atoms with Crippen LogP contribution in [0.4, 0.5) is 5.13 Å². The van der Waals surface area contributed by atoms with Crippen molar-refractivity contribution in [2.24, 2.45) is 0 Å². The first-order valence-electron chi connectivity index (χ1n) is 7.08. The Hall–Kier alpha value is -1.88. The van der Waals surface area contributed by atoms with Gasteiger partial charge in [-0.25, -0.2) is 4.98 Å². The first-order chi connectivity index (χ1) is 10.1. The third kappa shape index (κ3) is 4.29. The lowest BCUT2D eigenvalue weighted by Gasteiger charge is -2.06. The van der Waals surface area contributed by atoms with Crippen molar-refractivity contribution in [1.82, 2.24) is 4.98 Å². The average molecular weight is 304 g/mol. The van der Waals surface area contributed by atoms with Gasteiger partial charge in [-0.2, -0.15) is 0 Å². The van der Waals surface area contributed by atoms with Gasteiger partial charge in [0.2, 0.25) is 0 Å². The molecule has 0 spiro atoms. The van der Waals surface area contributed by atoms with Crippen LogP contribution in [0.5, 0.6) is 5.75 Å². The summed E-state index contributed by atoms with van der Waals surface area (Å²) in [6, 6.07) is 7.18. The first kappa shape index (κ1) is 15.5. The van der Waals surface area contributed by atoms with E-state index in [9.17, 15) is 4.79 Å². The fraction of sp³-hybridized carbons (Fsp3) is 0.375. The second-order valence-corrected chi connectivity index (χ2v) is 6.04. The zero-order chi connectivity index (χ0) is 15.2. The van der Waals surface area contributed by atoms with Gasteiger partial charge in [-0.1, -0.05) is 13.3 Å². The minimum Gasteiger partial charge on any atom is -0.494 e. The molecule has 2 aromatic rings. The second kappa shape index (κ2) is 7.22. The number of unbranched alkanes of at least 4 members (excludes halogenated alkanes) is 1. The third-order valence-corrected chi connectivity index (χ3v) is 4.12. The monoisotopic (exact) mass is 304 g/mol. The number of carbonyl (C=O) groups excluding carboxylic acids is 1. The van der Waals surface area contributed by atoms with Crippen molar-refractivity contribution < 1.29 is 9.53 Å². The molecule has 0 bridgehead atoms. The molecule has 1 amide bonds. The summed E-state index contributed by atoms with van der Waals surface area (Å²) in [7, 11) is 0. The Kier molecular flexibility index (Phi) is 5.33. The number of anilines is 1. The van der Waals surface area contributed by atoms with E-state index >= 15 is 0 Å². The summed E-state index contributed by atoms with van der Waals surface area (Å²) >= 11 is 1.49. The van der Waals surface area contributed by atoms with Crippen molar-refractivity contribution in [3.8, 4) is 5.75 Å². The molecular formula is C16H20N2O2S. The van der Waals surface area contributed by atoms with E-state index in [4.69, 9.17) is 4.74 Å². The maximum Gasteiger partial charge on any atom is 0.257 e. The number of rotatable bonds is 6. The number of nitrogens with one attached hydrogen (secondary N) is 1. The van der Waals surface area contributed by atoms with Gasteiger partial charge in [0.15, 0.2) is 5.13 Å². The first-order valence-corrected chi connectivity index (χ1v) is 7.90. The number of hydrogen-bond acceptors (Lipinski definition) is 4. The maximum atomic E-state index is 12.1. The molecule has 2 rings (SSSR count). The molecule has 0 aliphatic carbocycles. The molecule has 0 aliphatic heterocycles. The van der Waals surface area contributed by atoms with Crippen LogP contribution in [0.3, 0.4) is 0 Å². The predicted molar refractivity (Wildman–Crippen MR) is 86.4 cm³/mol. The Morgan fingerprint density at radius 1 is 1.29 bits per heavy atom. The number of ether oxygens (including phenoxy) is 1. The lowest BCUT2D eigenvalue weighted by molar-refractivity contribution is 0.102. The maximum absolute atomic E-state index is 12.1. The van der Waals surface area contributed by atoms with Gasteiger partial charge in [-0.05, 0) is 44.5 Å². The highest BCUT2D eigenvalue weighted by Gasteiger charge is 2.10. The van der Waals surface area contributed by atoms with Crippen LogP contribution in [-0.2, 0) is 0 Å². The summed E-state index contributed by atoms with van der Waals surface area (Å²) in [5.41, 5.74) is 1.55. The summed E-state index contributed by atoms with van der Waals surface area (Å²) < 4.78 is 5.58. The largest absolute Gasteiger partial charge is 0.494 e. The van der Waals surface area contributed by atoms with Crippen LogP contribution in [0, 0.1) is 13.8 Å². The number of aryl methyl sites for hydroxylation is 2. The molecule has 5 heteroatoms. The Morgan fingerprint density at radius 2 is 2.00 bits per heavy atom. The van der Waals surface area contributed by atoms with E-state index in [0.717, 1.165) is 29.2 Å². The Bertz CT molecular complexity index is 586. The highest BCUT2D eigenvalue weighted by atomic mass is 32.1. The lowest BCUT2D eigenvalue weighted by atomic mass is 10.2. The van der Waals surface area contributed by atoms with Crippen LogP contribution in [0.25, 0.3) is 0 Å². The van der Waals surface area contributed by atoms with Gasteiger partial charge in [0.05, 0.1) is 12.3 Å². The predicted octanol–water partition coefficient (Wildman–Crippen LogP) is 4.19. The fourth-order valence-corrected chi connectivity index (χ4v) is 2.54. The lowest BCUT2D eigenvalue weighted by Crippen LogP contribution is -2.11. The number of hydrogen-bond donors (Lipinski definition) is 1. The minimum absolute atomic E-state index is 0.149. The average Bonchev–Trinajstić information content (AvgIpc) is 2.78. The highest BCUT2D eigenvalue weighted by Crippen LogP contribution is 2.22. The van der Waals surface area contributed by atoms with Crippen LogP contribution in [0.1, 0.15) is 40.7 Å². The Morgan fingerprint density at radius 3 is 2.57 bits per heavy atom. The topological polar surface area (TPSA) is 51.2 Å². The molecule has 112 valence electrons. The van der Waals surface area contributed by atoms with Crippen LogP contribution in [0.15, 0.2) is 24.3 Å². The molecule has 21 heavy (non-hydrogen) atoms. The zero-order valence-corrected chi connectivity index (χ0v) is 13.4. The van der Waals surface area contributed by atoms with Crippen LogP contribution in [-0.4, -0.2) is 17.5 Å². The SMILES string of the molecule is CCCCOc1ccc(C(=O)Nc2nc(C)c(C)s2)cc1. The van der Waals surface area contributed by atoms with Gasteiger partial charge in [0.25, 0.3) is 5.91 Å². The van der Waals surface area contributed by atoms with Crippen molar-refractivity contribution in [3.05, 3.63) is 40.4 Å². The summed E-state index contributed by atoms with van der Waals surface area (Å²) in [6.07, 6.45) is 2.14. The molecule has 0 saturated heterocycles. The van der Waals surface area contributed by atoms with Crippen molar-refractivity contribution >= 4 is 22.4 Å². The molecule has 0 fully saturated rings. The van der Waals surface area contributed by atoms with E-state index in [1.807, 2.05) is 26.0 Å². The molecule has 1 aromatic heterocycles. The van der Waals surface area contributed by atoms with Gasteiger partial charge < -0.3 is 4.74 Å². The Labute approximate surface area is 129 Å². The highest BCUT2D eigenvalue weighted by molar-refractivity contribution is 7.15. The minimum atomic E-state index is -0.149. The summed E-state index contributed by atoms with van der Waals surface area (Å²) in [4.78, 5) is 17.5. The third-order valence-electron chi connectivity index (χ3n) is 3.13. The fourth-order valence-electron chi connectivity index (χ4n) is 1.73.